The number of unbranched alkanes of at least 4 members (excludes halogenated alkanes) is 3. The Hall–Kier alpha value is -0.933. The van der Waals surface area contributed by atoms with E-state index >= 15 is 0 Å². The summed E-state index contributed by atoms with van der Waals surface area (Å²) in [5.74, 6) is 0.263. The van der Waals surface area contributed by atoms with Crippen molar-refractivity contribution in [1.29, 1.82) is 0 Å². The van der Waals surface area contributed by atoms with Crippen molar-refractivity contribution in [2.45, 2.75) is 51.7 Å². The van der Waals surface area contributed by atoms with Crippen LogP contribution in [0.4, 0.5) is 0 Å². The predicted octanol–water partition coefficient (Wildman–Crippen LogP) is 4.67. The van der Waals surface area contributed by atoms with E-state index in [1.54, 1.807) is 0 Å². The summed E-state index contributed by atoms with van der Waals surface area (Å²) in [5.41, 5.74) is 0.838. The van der Waals surface area contributed by atoms with Gasteiger partial charge in [-0.2, -0.15) is 0 Å². The van der Waals surface area contributed by atoms with E-state index in [1.807, 2.05) is 30.3 Å². The fraction of sp³-hybridized carbons (Fsp3) is 0.562. The van der Waals surface area contributed by atoms with Crippen LogP contribution in [-0.2, 0) is 4.43 Å². The highest BCUT2D eigenvalue weighted by atomic mass is 28.4. The summed E-state index contributed by atoms with van der Waals surface area (Å²) in [6, 6.07) is 9.56. The minimum Gasteiger partial charge on any atom is -0.418 e. The molecule has 0 aliphatic carbocycles. The average Bonchev–Trinajstić information content (AvgIpc) is 2.37. The van der Waals surface area contributed by atoms with E-state index in [9.17, 15) is 4.79 Å². The largest absolute Gasteiger partial charge is 0.418 e. The zero-order chi connectivity index (χ0) is 14.1. The molecule has 0 aromatic heterocycles. The summed E-state index contributed by atoms with van der Waals surface area (Å²) in [6.45, 7) is 7.52. The number of rotatable bonds is 9. The molecule has 2 nitrogen and oxygen atoms in total. The van der Waals surface area contributed by atoms with E-state index in [0.29, 0.717) is 6.42 Å². The van der Waals surface area contributed by atoms with Crippen LogP contribution in [0.3, 0.4) is 0 Å². The molecule has 0 saturated heterocycles. The zero-order valence-corrected chi connectivity index (χ0v) is 13.4. The molecule has 0 radical (unpaired) electrons. The van der Waals surface area contributed by atoms with Crippen molar-refractivity contribution < 1.29 is 9.22 Å². The molecular formula is C16H26O2Si. The Labute approximate surface area is 118 Å². The van der Waals surface area contributed by atoms with Crippen LogP contribution in [0.2, 0.25) is 19.6 Å². The Morgan fingerprint density at radius 2 is 1.63 bits per heavy atom. The van der Waals surface area contributed by atoms with Gasteiger partial charge in [0.1, 0.15) is 0 Å². The van der Waals surface area contributed by atoms with E-state index < -0.39 is 8.32 Å². The highest BCUT2D eigenvalue weighted by Gasteiger charge is 2.12. The third-order valence-corrected chi connectivity index (χ3v) is 4.00. The van der Waals surface area contributed by atoms with Gasteiger partial charge in [-0.25, -0.2) is 0 Å². The fourth-order valence-electron chi connectivity index (χ4n) is 1.89. The second-order valence-corrected chi connectivity index (χ2v) is 10.4. The number of carbonyl (C=O) groups excluding carboxylic acids is 1. The summed E-state index contributed by atoms with van der Waals surface area (Å²) in [4.78, 5) is 11.8. The second-order valence-electron chi connectivity index (χ2n) is 5.91. The van der Waals surface area contributed by atoms with Crippen LogP contribution in [0.25, 0.3) is 0 Å². The minimum absolute atomic E-state index is 0.263. The van der Waals surface area contributed by atoms with Crippen LogP contribution in [0.5, 0.6) is 0 Å². The Balaban J connectivity index is 2.04. The predicted molar refractivity (Wildman–Crippen MR) is 83.2 cm³/mol. The smallest absolute Gasteiger partial charge is 0.183 e. The van der Waals surface area contributed by atoms with Crippen molar-refractivity contribution in [2.75, 3.05) is 6.61 Å². The van der Waals surface area contributed by atoms with Gasteiger partial charge < -0.3 is 4.43 Å². The molecule has 0 amide bonds. The first-order valence-corrected chi connectivity index (χ1v) is 10.6. The number of benzene rings is 1. The first kappa shape index (κ1) is 16.1. The number of hydrogen-bond acceptors (Lipinski definition) is 2. The topological polar surface area (TPSA) is 26.3 Å². The van der Waals surface area contributed by atoms with Crippen LogP contribution >= 0.6 is 0 Å². The molecule has 1 aromatic rings. The molecule has 19 heavy (non-hydrogen) atoms. The molecule has 0 aliphatic heterocycles. The van der Waals surface area contributed by atoms with Gasteiger partial charge in [0.25, 0.3) is 0 Å². The van der Waals surface area contributed by atoms with Gasteiger partial charge in [0.15, 0.2) is 14.1 Å². The lowest BCUT2D eigenvalue weighted by Crippen LogP contribution is -2.25. The van der Waals surface area contributed by atoms with Gasteiger partial charge in [-0.05, 0) is 32.5 Å². The highest BCUT2D eigenvalue weighted by molar-refractivity contribution is 6.69. The third kappa shape index (κ3) is 7.96. The zero-order valence-electron chi connectivity index (χ0n) is 12.4. The molecule has 0 spiro atoms. The van der Waals surface area contributed by atoms with E-state index in [1.165, 1.54) is 0 Å². The van der Waals surface area contributed by atoms with Crippen LogP contribution in [0, 0.1) is 0 Å². The van der Waals surface area contributed by atoms with Gasteiger partial charge in [0.05, 0.1) is 0 Å². The van der Waals surface area contributed by atoms with Crippen LogP contribution in [0.1, 0.15) is 42.5 Å². The van der Waals surface area contributed by atoms with E-state index in [2.05, 4.69) is 19.6 Å². The van der Waals surface area contributed by atoms with Crippen LogP contribution in [0.15, 0.2) is 30.3 Å². The van der Waals surface area contributed by atoms with Crippen molar-refractivity contribution in [1.82, 2.24) is 0 Å². The maximum Gasteiger partial charge on any atom is 0.183 e. The number of carbonyl (C=O) groups is 1. The van der Waals surface area contributed by atoms with Crippen molar-refractivity contribution in [3.05, 3.63) is 35.9 Å². The first-order chi connectivity index (χ1) is 8.99. The summed E-state index contributed by atoms with van der Waals surface area (Å²) < 4.78 is 5.80. The molecule has 0 bridgehead atoms. The molecule has 0 fully saturated rings. The SMILES string of the molecule is C[Si](C)(C)OCCCCCCC(=O)c1ccccc1. The van der Waals surface area contributed by atoms with Gasteiger partial charge in [-0.3, -0.25) is 4.79 Å². The lowest BCUT2D eigenvalue weighted by atomic mass is 10.0. The van der Waals surface area contributed by atoms with E-state index in [0.717, 1.165) is 37.9 Å². The van der Waals surface area contributed by atoms with Gasteiger partial charge in [0, 0.05) is 18.6 Å². The second kappa shape index (κ2) is 8.28. The minimum atomic E-state index is -1.34. The van der Waals surface area contributed by atoms with Gasteiger partial charge in [-0.1, -0.05) is 43.2 Å². The standard InChI is InChI=1S/C16H26O2Si/c1-19(2,3)18-14-10-5-4-9-13-16(17)15-11-7-6-8-12-15/h6-8,11-12H,4-5,9-10,13-14H2,1-3H3. The maximum absolute atomic E-state index is 11.8. The molecule has 106 valence electrons. The van der Waals surface area contributed by atoms with E-state index in [-0.39, 0.29) is 5.78 Å². The Bertz CT molecular complexity index is 368. The quantitative estimate of drug-likeness (QED) is 0.373. The molecule has 0 atom stereocenters. The van der Waals surface area contributed by atoms with Crippen molar-refractivity contribution in [2.24, 2.45) is 0 Å². The number of hydrogen-bond donors (Lipinski definition) is 0. The molecule has 3 heteroatoms. The highest BCUT2D eigenvalue weighted by Crippen LogP contribution is 2.10. The van der Waals surface area contributed by atoms with Crippen molar-refractivity contribution in [3.8, 4) is 0 Å². The number of Topliss-reactive ketones (excluding diaryl/α,β-unsaturated/α-hetero) is 1. The molecule has 1 rings (SSSR count). The van der Waals surface area contributed by atoms with Gasteiger partial charge in [0.2, 0.25) is 0 Å². The molecule has 0 unspecified atom stereocenters. The molecule has 0 saturated carbocycles. The summed E-state index contributed by atoms with van der Waals surface area (Å²) in [6.07, 6.45) is 5.05. The van der Waals surface area contributed by atoms with Gasteiger partial charge in [-0.15, -0.1) is 0 Å². The Kier molecular flexibility index (Phi) is 7.03. The fourth-order valence-corrected chi connectivity index (χ4v) is 2.64. The normalized spacial score (nSPS) is 11.5. The summed E-state index contributed by atoms with van der Waals surface area (Å²) in [5, 5.41) is 0. The lowest BCUT2D eigenvalue weighted by Gasteiger charge is -2.16. The molecule has 1 aromatic carbocycles. The molecule has 0 heterocycles. The summed E-state index contributed by atoms with van der Waals surface area (Å²) >= 11 is 0. The molecule has 0 aliphatic rings. The Morgan fingerprint density at radius 1 is 1.00 bits per heavy atom. The molecular weight excluding hydrogens is 252 g/mol. The van der Waals surface area contributed by atoms with Crippen molar-refractivity contribution >= 4 is 14.1 Å². The number of ketones is 1. The van der Waals surface area contributed by atoms with Crippen LogP contribution in [-0.4, -0.2) is 20.7 Å². The first-order valence-electron chi connectivity index (χ1n) is 7.21. The monoisotopic (exact) mass is 278 g/mol. The Morgan fingerprint density at radius 3 is 2.26 bits per heavy atom. The lowest BCUT2D eigenvalue weighted by molar-refractivity contribution is 0.0979. The van der Waals surface area contributed by atoms with E-state index in [4.69, 9.17) is 4.43 Å². The third-order valence-electron chi connectivity index (χ3n) is 2.93. The van der Waals surface area contributed by atoms with Crippen molar-refractivity contribution in [3.63, 3.8) is 0 Å². The van der Waals surface area contributed by atoms with Crippen LogP contribution < -0.4 is 0 Å². The van der Waals surface area contributed by atoms with Gasteiger partial charge >= 0.3 is 0 Å². The average molecular weight is 278 g/mol. The summed E-state index contributed by atoms with van der Waals surface area (Å²) in [7, 11) is -1.34. The maximum atomic E-state index is 11.8. The molecule has 0 N–H and O–H groups in total.